The highest BCUT2D eigenvalue weighted by molar-refractivity contribution is 5.79. The summed E-state index contributed by atoms with van der Waals surface area (Å²) in [4.78, 5) is 29.1. The van der Waals surface area contributed by atoms with Gasteiger partial charge in [-0.1, -0.05) is 30.3 Å². The minimum atomic E-state index is -0.506. The van der Waals surface area contributed by atoms with Crippen molar-refractivity contribution < 1.29 is 14.3 Å². The number of likely N-dealkylation sites (tertiary alicyclic amines) is 1. The molecule has 0 bridgehead atoms. The van der Waals surface area contributed by atoms with Gasteiger partial charge in [-0.3, -0.25) is 9.89 Å². The van der Waals surface area contributed by atoms with Crippen LogP contribution in [-0.4, -0.2) is 64.9 Å². The average molecular weight is 454 g/mol. The first-order chi connectivity index (χ1) is 15.8. The molecule has 0 unspecified atom stereocenters. The molecule has 2 aliphatic heterocycles. The number of aromatic nitrogens is 2. The molecule has 0 saturated carbocycles. The number of piperidine rings is 2. The van der Waals surface area contributed by atoms with E-state index in [2.05, 4.69) is 38.6 Å². The van der Waals surface area contributed by atoms with Gasteiger partial charge in [0.15, 0.2) is 5.82 Å². The fraction of sp³-hybridized carbons (Fsp3) is 0.560. The molecular weight excluding hydrogens is 418 g/mol. The van der Waals surface area contributed by atoms with Gasteiger partial charge < -0.3 is 19.9 Å². The first kappa shape index (κ1) is 23.1. The van der Waals surface area contributed by atoms with Crippen molar-refractivity contribution in [3.05, 3.63) is 36.4 Å². The molecule has 4 rings (SSSR count). The van der Waals surface area contributed by atoms with Crippen LogP contribution >= 0.6 is 0 Å². The third-order valence-electron chi connectivity index (χ3n) is 6.26. The quantitative estimate of drug-likeness (QED) is 0.735. The maximum absolute atomic E-state index is 12.9. The van der Waals surface area contributed by atoms with Crippen LogP contribution < -0.4 is 10.2 Å². The van der Waals surface area contributed by atoms with Gasteiger partial charge in [-0.15, -0.1) is 0 Å². The van der Waals surface area contributed by atoms with Crippen molar-refractivity contribution in [2.45, 2.75) is 58.1 Å². The van der Waals surface area contributed by atoms with E-state index in [1.54, 1.807) is 4.90 Å². The van der Waals surface area contributed by atoms with Crippen LogP contribution in [-0.2, 0) is 9.53 Å². The second-order valence-corrected chi connectivity index (χ2v) is 10.0. The van der Waals surface area contributed by atoms with Gasteiger partial charge in [0.2, 0.25) is 5.91 Å². The predicted octanol–water partition coefficient (Wildman–Crippen LogP) is 3.81. The molecule has 1 atom stereocenters. The number of nitrogens with zero attached hydrogens (tertiary/aromatic N) is 3. The van der Waals surface area contributed by atoms with Crippen LogP contribution in [0.5, 0.6) is 0 Å². The minimum Gasteiger partial charge on any atom is -0.444 e. The van der Waals surface area contributed by atoms with E-state index in [0.29, 0.717) is 25.9 Å². The SMILES string of the molecule is CC(C)(C)OC(=O)N1CCC(C(=O)N[C@H]2CCCN(c3cc(-c4ccccc4)[nH]n3)C2)CC1. The Kier molecular flexibility index (Phi) is 6.91. The summed E-state index contributed by atoms with van der Waals surface area (Å²) in [7, 11) is 0. The van der Waals surface area contributed by atoms with Crippen molar-refractivity contribution in [1.29, 1.82) is 0 Å². The highest BCUT2D eigenvalue weighted by atomic mass is 16.6. The summed E-state index contributed by atoms with van der Waals surface area (Å²) >= 11 is 0. The molecule has 2 fully saturated rings. The van der Waals surface area contributed by atoms with Crippen LogP contribution in [0.25, 0.3) is 11.3 Å². The molecule has 8 nitrogen and oxygen atoms in total. The Hall–Kier alpha value is -3.03. The number of nitrogens with one attached hydrogen (secondary N) is 2. The van der Waals surface area contributed by atoms with Crippen LogP contribution in [0.2, 0.25) is 0 Å². The second kappa shape index (κ2) is 9.85. The van der Waals surface area contributed by atoms with E-state index >= 15 is 0 Å². The fourth-order valence-corrected chi connectivity index (χ4v) is 4.51. The molecule has 2 N–H and O–H groups in total. The van der Waals surface area contributed by atoms with Gasteiger partial charge in [-0.2, -0.15) is 5.10 Å². The van der Waals surface area contributed by atoms with Gasteiger partial charge in [-0.25, -0.2) is 4.79 Å². The number of hydrogen-bond donors (Lipinski definition) is 2. The molecule has 0 radical (unpaired) electrons. The molecule has 2 saturated heterocycles. The zero-order valence-corrected chi connectivity index (χ0v) is 19.8. The largest absolute Gasteiger partial charge is 0.444 e. The zero-order chi connectivity index (χ0) is 23.4. The lowest BCUT2D eigenvalue weighted by Crippen LogP contribution is -2.51. The van der Waals surface area contributed by atoms with Crippen molar-refractivity contribution in [3.63, 3.8) is 0 Å². The molecule has 178 valence electrons. The lowest BCUT2D eigenvalue weighted by Gasteiger charge is -2.36. The highest BCUT2D eigenvalue weighted by Gasteiger charge is 2.31. The Balaban J connectivity index is 1.27. The molecule has 1 aromatic heterocycles. The number of rotatable bonds is 4. The van der Waals surface area contributed by atoms with E-state index in [4.69, 9.17) is 4.74 Å². The molecule has 0 spiro atoms. The van der Waals surface area contributed by atoms with E-state index in [9.17, 15) is 9.59 Å². The third-order valence-corrected chi connectivity index (χ3v) is 6.26. The molecule has 3 heterocycles. The van der Waals surface area contributed by atoms with Crippen molar-refractivity contribution in [1.82, 2.24) is 20.4 Å². The molecule has 0 aliphatic carbocycles. The predicted molar refractivity (Wildman–Crippen MR) is 128 cm³/mol. The van der Waals surface area contributed by atoms with E-state index in [1.165, 1.54) is 0 Å². The zero-order valence-electron chi connectivity index (χ0n) is 19.8. The summed E-state index contributed by atoms with van der Waals surface area (Å²) in [6, 6.07) is 12.3. The number of hydrogen-bond acceptors (Lipinski definition) is 5. The molecule has 8 heteroatoms. The molecule has 2 aromatic rings. The second-order valence-electron chi connectivity index (χ2n) is 10.0. The van der Waals surface area contributed by atoms with Gasteiger partial charge in [0, 0.05) is 44.2 Å². The average Bonchev–Trinajstić information content (AvgIpc) is 3.29. The standard InChI is InChI=1S/C25H35N5O3/c1-25(2,3)33-24(32)29-14-11-19(12-15-29)23(31)26-20-10-7-13-30(17-20)22-16-21(27-28-22)18-8-5-4-6-9-18/h4-6,8-9,16,19-20H,7,10-15,17H2,1-3H3,(H,26,31)(H,27,28)/t20-/m0/s1. The van der Waals surface area contributed by atoms with Crippen molar-refractivity contribution >= 4 is 17.8 Å². The van der Waals surface area contributed by atoms with Gasteiger partial charge in [0.1, 0.15) is 5.60 Å². The summed E-state index contributed by atoms with van der Waals surface area (Å²) in [5, 5.41) is 10.9. The molecular formula is C25H35N5O3. The minimum absolute atomic E-state index is 0.0610. The topological polar surface area (TPSA) is 90.6 Å². The summed E-state index contributed by atoms with van der Waals surface area (Å²) in [6.07, 6.45) is 3.02. The number of H-pyrrole nitrogens is 1. The number of carbonyl (C=O) groups excluding carboxylic acids is 2. The van der Waals surface area contributed by atoms with Gasteiger partial charge in [0.25, 0.3) is 0 Å². The Morgan fingerprint density at radius 2 is 1.82 bits per heavy atom. The van der Waals surface area contributed by atoms with E-state index in [-0.39, 0.29) is 24.0 Å². The summed E-state index contributed by atoms with van der Waals surface area (Å²) < 4.78 is 5.45. The molecule has 33 heavy (non-hydrogen) atoms. The van der Waals surface area contributed by atoms with E-state index in [0.717, 1.165) is 43.0 Å². The number of aromatic amines is 1. The number of anilines is 1. The van der Waals surface area contributed by atoms with Crippen molar-refractivity contribution in [3.8, 4) is 11.3 Å². The Morgan fingerprint density at radius 3 is 2.52 bits per heavy atom. The first-order valence-corrected chi connectivity index (χ1v) is 11.9. The number of carbonyl (C=O) groups is 2. The summed E-state index contributed by atoms with van der Waals surface area (Å²) in [6.45, 7) is 8.39. The van der Waals surface area contributed by atoms with Crippen LogP contribution in [0.1, 0.15) is 46.5 Å². The normalized spacial score (nSPS) is 19.9. The third kappa shape index (κ3) is 6.06. The van der Waals surface area contributed by atoms with Crippen LogP contribution in [0.15, 0.2) is 36.4 Å². The molecule has 2 amide bonds. The number of benzene rings is 1. The van der Waals surface area contributed by atoms with Crippen molar-refractivity contribution in [2.75, 3.05) is 31.1 Å². The van der Waals surface area contributed by atoms with Crippen LogP contribution in [0.3, 0.4) is 0 Å². The first-order valence-electron chi connectivity index (χ1n) is 11.9. The summed E-state index contributed by atoms with van der Waals surface area (Å²) in [5.41, 5.74) is 1.60. The smallest absolute Gasteiger partial charge is 0.410 e. The number of amides is 2. The van der Waals surface area contributed by atoms with E-state index in [1.807, 2.05) is 39.0 Å². The maximum atomic E-state index is 12.9. The van der Waals surface area contributed by atoms with Gasteiger partial charge in [0.05, 0.1) is 5.69 Å². The maximum Gasteiger partial charge on any atom is 0.410 e. The Bertz CT molecular complexity index is 944. The Morgan fingerprint density at radius 1 is 1.09 bits per heavy atom. The summed E-state index contributed by atoms with van der Waals surface area (Å²) in [5.74, 6) is 0.949. The highest BCUT2D eigenvalue weighted by Crippen LogP contribution is 2.25. The lowest BCUT2D eigenvalue weighted by atomic mass is 9.95. The molecule has 2 aliphatic rings. The fourth-order valence-electron chi connectivity index (χ4n) is 4.51. The van der Waals surface area contributed by atoms with Gasteiger partial charge in [-0.05, 0) is 52.0 Å². The van der Waals surface area contributed by atoms with Crippen LogP contribution in [0.4, 0.5) is 10.6 Å². The van der Waals surface area contributed by atoms with Crippen molar-refractivity contribution in [2.24, 2.45) is 5.92 Å². The van der Waals surface area contributed by atoms with Crippen LogP contribution in [0, 0.1) is 5.92 Å². The van der Waals surface area contributed by atoms with E-state index < -0.39 is 5.60 Å². The van der Waals surface area contributed by atoms with Gasteiger partial charge >= 0.3 is 6.09 Å². The Labute approximate surface area is 195 Å². The molecule has 1 aromatic carbocycles. The lowest BCUT2D eigenvalue weighted by molar-refractivity contribution is -0.127. The monoisotopic (exact) mass is 453 g/mol. The number of ether oxygens (including phenoxy) is 1.